The number of thiazole rings is 1. The molecule has 0 aliphatic carbocycles. The van der Waals surface area contributed by atoms with Gasteiger partial charge < -0.3 is 19.2 Å². The summed E-state index contributed by atoms with van der Waals surface area (Å²) in [5.74, 6) is -1.83. The SMILES string of the molecule is CCOC(=O)COc1ccc(C2c3sc(=O)[nH]c3SC3C(=O)N(c4ccc(Cl)cc4)C(=O)C32)cc1OCC. The van der Waals surface area contributed by atoms with Crippen LogP contribution in [0.4, 0.5) is 5.69 Å². The van der Waals surface area contributed by atoms with Crippen molar-refractivity contribution >= 4 is 58.2 Å². The minimum atomic E-state index is -0.747. The second kappa shape index (κ2) is 10.8. The summed E-state index contributed by atoms with van der Waals surface area (Å²) in [6.45, 7) is 3.80. The molecule has 0 bridgehead atoms. The first-order valence-corrected chi connectivity index (χ1v) is 14.0. The van der Waals surface area contributed by atoms with Crippen molar-refractivity contribution < 1.29 is 28.6 Å². The number of fused-ring (bicyclic) bond motifs is 2. The number of thioether (sulfide) groups is 1. The predicted octanol–water partition coefficient (Wildman–Crippen LogP) is 4.23. The zero-order valence-corrected chi connectivity index (χ0v) is 22.8. The number of rotatable bonds is 8. The lowest BCUT2D eigenvalue weighted by Gasteiger charge is -2.30. The molecule has 0 spiro atoms. The number of nitrogens with one attached hydrogen (secondary N) is 1. The van der Waals surface area contributed by atoms with Crippen molar-refractivity contribution in [3.8, 4) is 11.5 Å². The number of aromatic amines is 1. The fourth-order valence-corrected chi connectivity index (χ4v) is 7.31. The highest BCUT2D eigenvalue weighted by Crippen LogP contribution is 2.53. The van der Waals surface area contributed by atoms with Crippen LogP contribution in [0, 0.1) is 5.92 Å². The number of ether oxygens (including phenoxy) is 3. The third-order valence-electron chi connectivity index (χ3n) is 6.19. The average molecular weight is 575 g/mol. The number of anilines is 1. The molecule has 9 nitrogen and oxygen atoms in total. The van der Waals surface area contributed by atoms with E-state index in [9.17, 15) is 19.2 Å². The summed E-state index contributed by atoms with van der Waals surface area (Å²) in [6.07, 6.45) is 0. The summed E-state index contributed by atoms with van der Waals surface area (Å²) in [6, 6.07) is 11.7. The second-order valence-electron chi connectivity index (χ2n) is 8.47. The van der Waals surface area contributed by atoms with E-state index in [0.29, 0.717) is 44.3 Å². The number of H-pyrrole nitrogens is 1. The first kappa shape index (κ1) is 26.3. The summed E-state index contributed by atoms with van der Waals surface area (Å²) in [5.41, 5.74) is 1.12. The van der Waals surface area contributed by atoms with Gasteiger partial charge in [-0.3, -0.25) is 14.4 Å². The number of imide groups is 1. The normalized spacial score (nSPS) is 20.2. The molecule has 1 N–H and O–H groups in total. The quantitative estimate of drug-likeness (QED) is 0.314. The second-order valence-corrected chi connectivity index (χ2v) is 11.1. The first-order chi connectivity index (χ1) is 18.3. The Morgan fingerprint density at radius 1 is 1.00 bits per heavy atom. The fraction of sp³-hybridized carbons (Fsp3) is 0.308. The molecule has 3 heterocycles. The Balaban J connectivity index is 1.55. The van der Waals surface area contributed by atoms with E-state index >= 15 is 0 Å². The topological polar surface area (TPSA) is 115 Å². The van der Waals surface area contributed by atoms with Crippen LogP contribution >= 0.6 is 34.7 Å². The van der Waals surface area contributed by atoms with Crippen molar-refractivity contribution in [3.63, 3.8) is 0 Å². The maximum absolute atomic E-state index is 13.8. The van der Waals surface area contributed by atoms with Gasteiger partial charge in [0.25, 0.3) is 0 Å². The number of hydrogen-bond donors (Lipinski definition) is 1. The number of amides is 2. The minimum absolute atomic E-state index is 0.239. The third kappa shape index (κ3) is 4.81. The molecule has 3 aromatic rings. The largest absolute Gasteiger partial charge is 0.490 e. The lowest BCUT2D eigenvalue weighted by atomic mass is 9.83. The summed E-state index contributed by atoms with van der Waals surface area (Å²) < 4.78 is 16.3. The minimum Gasteiger partial charge on any atom is -0.490 e. The molecular formula is C26H23ClN2O7S2. The van der Waals surface area contributed by atoms with Gasteiger partial charge in [0.15, 0.2) is 18.1 Å². The molecule has 0 radical (unpaired) electrons. The van der Waals surface area contributed by atoms with Gasteiger partial charge in [0.1, 0.15) is 5.25 Å². The van der Waals surface area contributed by atoms with Gasteiger partial charge in [-0.15, -0.1) is 0 Å². The summed E-state index contributed by atoms with van der Waals surface area (Å²) in [7, 11) is 0. The number of carbonyl (C=O) groups excluding carboxylic acids is 3. The van der Waals surface area contributed by atoms with Gasteiger partial charge in [-0.05, 0) is 55.8 Å². The summed E-state index contributed by atoms with van der Waals surface area (Å²) in [5, 5.41) is 0.341. The number of esters is 1. The van der Waals surface area contributed by atoms with Crippen LogP contribution in [-0.4, -0.2) is 47.8 Å². The zero-order chi connectivity index (χ0) is 27.0. The molecule has 5 rings (SSSR count). The molecule has 1 aromatic heterocycles. The Labute approximate surface area is 231 Å². The highest BCUT2D eigenvalue weighted by atomic mass is 35.5. The Morgan fingerprint density at radius 3 is 2.47 bits per heavy atom. The molecule has 198 valence electrons. The van der Waals surface area contributed by atoms with E-state index in [-0.39, 0.29) is 29.9 Å². The number of nitrogens with zero attached hydrogens (tertiary/aromatic N) is 1. The Bertz CT molecular complexity index is 1450. The van der Waals surface area contributed by atoms with E-state index in [0.717, 1.165) is 11.3 Å². The van der Waals surface area contributed by atoms with E-state index in [1.807, 2.05) is 6.92 Å². The Kier molecular flexibility index (Phi) is 7.51. The Morgan fingerprint density at radius 2 is 1.76 bits per heavy atom. The van der Waals surface area contributed by atoms with Gasteiger partial charge in [0.2, 0.25) is 11.8 Å². The molecular weight excluding hydrogens is 552 g/mol. The van der Waals surface area contributed by atoms with Crippen molar-refractivity contribution in [2.75, 3.05) is 24.7 Å². The average Bonchev–Trinajstić information content (AvgIpc) is 3.38. The van der Waals surface area contributed by atoms with Gasteiger partial charge in [0.05, 0.1) is 29.8 Å². The van der Waals surface area contributed by atoms with Gasteiger partial charge in [-0.25, -0.2) is 9.69 Å². The molecule has 2 aliphatic rings. The molecule has 12 heteroatoms. The maximum atomic E-state index is 13.8. The van der Waals surface area contributed by atoms with Gasteiger partial charge >= 0.3 is 10.8 Å². The van der Waals surface area contributed by atoms with Crippen molar-refractivity contribution in [3.05, 3.63) is 67.6 Å². The molecule has 3 atom stereocenters. The smallest absolute Gasteiger partial charge is 0.344 e. The molecule has 1 saturated heterocycles. The van der Waals surface area contributed by atoms with Crippen LogP contribution in [0.1, 0.15) is 30.2 Å². The van der Waals surface area contributed by atoms with Crippen molar-refractivity contribution in [1.82, 2.24) is 4.98 Å². The Hall–Kier alpha value is -3.28. The van der Waals surface area contributed by atoms with Crippen LogP contribution in [0.25, 0.3) is 0 Å². The predicted molar refractivity (Wildman–Crippen MR) is 144 cm³/mol. The van der Waals surface area contributed by atoms with Gasteiger partial charge in [-0.1, -0.05) is 40.8 Å². The fourth-order valence-electron chi connectivity index (χ4n) is 4.67. The third-order valence-corrected chi connectivity index (χ3v) is 8.84. The maximum Gasteiger partial charge on any atom is 0.344 e. The molecule has 0 saturated carbocycles. The molecule has 2 amide bonds. The number of benzene rings is 2. The van der Waals surface area contributed by atoms with Crippen molar-refractivity contribution in [1.29, 1.82) is 0 Å². The number of aromatic nitrogens is 1. The monoisotopic (exact) mass is 574 g/mol. The number of carbonyl (C=O) groups is 3. The van der Waals surface area contributed by atoms with Gasteiger partial charge in [-0.2, -0.15) is 0 Å². The van der Waals surface area contributed by atoms with E-state index in [4.69, 9.17) is 25.8 Å². The van der Waals surface area contributed by atoms with E-state index in [2.05, 4.69) is 4.98 Å². The van der Waals surface area contributed by atoms with Crippen LogP contribution in [0.3, 0.4) is 0 Å². The van der Waals surface area contributed by atoms with Crippen LogP contribution in [-0.2, 0) is 19.1 Å². The molecule has 38 heavy (non-hydrogen) atoms. The van der Waals surface area contributed by atoms with Crippen LogP contribution < -0.4 is 19.2 Å². The number of halogens is 1. The van der Waals surface area contributed by atoms with Crippen LogP contribution in [0.5, 0.6) is 11.5 Å². The standard InChI is InChI=1S/C26H23ClN2O7S2/c1-3-34-17-11-13(5-10-16(17)36-12-18(30)35-4-2)19-20-22(37-23-21(19)38-26(33)28-23)25(32)29(24(20)31)15-8-6-14(27)7-9-15/h5-11,19-20,22H,3-4,12H2,1-2H3,(H,28,33). The van der Waals surface area contributed by atoms with E-state index in [1.165, 1.54) is 16.7 Å². The van der Waals surface area contributed by atoms with E-state index < -0.39 is 23.1 Å². The lowest BCUT2D eigenvalue weighted by molar-refractivity contribution is -0.145. The van der Waals surface area contributed by atoms with Crippen molar-refractivity contribution in [2.24, 2.45) is 5.92 Å². The van der Waals surface area contributed by atoms with Crippen LogP contribution in [0.15, 0.2) is 52.3 Å². The number of hydrogen-bond acceptors (Lipinski definition) is 9. The summed E-state index contributed by atoms with van der Waals surface area (Å²) in [4.78, 5) is 55.9. The van der Waals surface area contributed by atoms with Crippen LogP contribution in [0.2, 0.25) is 5.02 Å². The van der Waals surface area contributed by atoms with E-state index in [1.54, 1.807) is 49.4 Å². The molecule has 1 fully saturated rings. The highest BCUT2D eigenvalue weighted by molar-refractivity contribution is 8.00. The zero-order valence-electron chi connectivity index (χ0n) is 20.4. The molecule has 3 unspecified atom stereocenters. The van der Waals surface area contributed by atoms with Gasteiger partial charge in [0, 0.05) is 15.8 Å². The lowest BCUT2D eigenvalue weighted by Crippen LogP contribution is -2.32. The molecule has 2 aliphatic heterocycles. The highest BCUT2D eigenvalue weighted by Gasteiger charge is 2.56. The van der Waals surface area contributed by atoms with Crippen molar-refractivity contribution in [2.45, 2.75) is 30.0 Å². The first-order valence-electron chi connectivity index (χ1n) is 11.9. The molecule has 2 aromatic carbocycles. The summed E-state index contributed by atoms with van der Waals surface area (Å²) >= 11 is 8.24.